The van der Waals surface area contributed by atoms with E-state index in [4.69, 9.17) is 4.74 Å². The molecule has 2 N–H and O–H groups in total. The van der Waals surface area contributed by atoms with E-state index < -0.39 is 23.1 Å². The molecule has 1 fully saturated rings. The Morgan fingerprint density at radius 2 is 1.97 bits per heavy atom. The summed E-state index contributed by atoms with van der Waals surface area (Å²) >= 11 is 0. The van der Waals surface area contributed by atoms with Crippen LogP contribution in [0.2, 0.25) is 0 Å². The van der Waals surface area contributed by atoms with Gasteiger partial charge in [-0.05, 0) is 54.7 Å². The second-order valence-corrected chi connectivity index (χ2v) is 9.51. The zero-order valence-corrected chi connectivity index (χ0v) is 18.7. The van der Waals surface area contributed by atoms with E-state index in [1.165, 1.54) is 12.1 Å². The standard InChI is InChI=1S/C25H25F2N3O3/c1-25(2,12-33-3)23-19(13-8-14(9-13)24(31)32)20-18(10-15-11-28-29-22(15)21(20)27)30(23)17-6-4-16(26)5-7-17/h4-7,10-11,13-14H,8-9,12H2,1-3H3,(H,28,29)(H,31,32)/t13-,14-. The summed E-state index contributed by atoms with van der Waals surface area (Å²) in [5.41, 5.74) is 2.75. The summed E-state index contributed by atoms with van der Waals surface area (Å²) in [6.07, 6.45) is 2.45. The van der Waals surface area contributed by atoms with Gasteiger partial charge in [-0.2, -0.15) is 5.10 Å². The first-order valence-electron chi connectivity index (χ1n) is 10.9. The van der Waals surface area contributed by atoms with Crippen molar-refractivity contribution in [3.05, 3.63) is 59.4 Å². The van der Waals surface area contributed by atoms with Crippen molar-refractivity contribution in [2.45, 2.75) is 38.0 Å². The van der Waals surface area contributed by atoms with Crippen molar-refractivity contribution in [1.82, 2.24) is 14.8 Å². The molecule has 5 rings (SSSR count). The van der Waals surface area contributed by atoms with E-state index in [9.17, 15) is 14.3 Å². The molecule has 0 radical (unpaired) electrons. The molecule has 0 amide bonds. The molecular weight excluding hydrogens is 428 g/mol. The average Bonchev–Trinajstić information content (AvgIpc) is 3.31. The lowest BCUT2D eigenvalue weighted by atomic mass is 9.68. The predicted octanol–water partition coefficient (Wildman–Crippen LogP) is 5.29. The van der Waals surface area contributed by atoms with Gasteiger partial charge in [0.05, 0.1) is 24.2 Å². The minimum atomic E-state index is -0.831. The smallest absolute Gasteiger partial charge is 0.306 e. The molecule has 0 aliphatic heterocycles. The van der Waals surface area contributed by atoms with E-state index in [1.54, 1.807) is 25.4 Å². The van der Waals surface area contributed by atoms with Crippen LogP contribution in [-0.4, -0.2) is 39.6 Å². The number of carboxylic acids is 1. The fourth-order valence-electron chi connectivity index (χ4n) is 5.24. The highest BCUT2D eigenvalue weighted by atomic mass is 19.1. The molecule has 6 nitrogen and oxygen atoms in total. The minimum absolute atomic E-state index is 0.115. The van der Waals surface area contributed by atoms with Crippen molar-refractivity contribution in [1.29, 1.82) is 0 Å². The zero-order chi connectivity index (χ0) is 23.5. The number of fused-ring (bicyclic) bond motifs is 2. The number of ether oxygens (including phenoxy) is 1. The Labute approximate surface area is 189 Å². The highest BCUT2D eigenvalue weighted by Gasteiger charge is 2.42. The maximum atomic E-state index is 16.0. The van der Waals surface area contributed by atoms with Gasteiger partial charge in [-0.15, -0.1) is 0 Å². The van der Waals surface area contributed by atoms with Crippen molar-refractivity contribution in [2.24, 2.45) is 5.92 Å². The number of H-pyrrole nitrogens is 1. The summed E-state index contributed by atoms with van der Waals surface area (Å²) in [6, 6.07) is 7.98. The Morgan fingerprint density at radius 3 is 2.61 bits per heavy atom. The lowest BCUT2D eigenvalue weighted by Crippen LogP contribution is -2.33. The van der Waals surface area contributed by atoms with Gasteiger partial charge in [-0.3, -0.25) is 9.89 Å². The van der Waals surface area contributed by atoms with Gasteiger partial charge in [0.1, 0.15) is 11.3 Å². The van der Waals surface area contributed by atoms with Gasteiger partial charge in [0.25, 0.3) is 0 Å². The first kappa shape index (κ1) is 21.6. The van der Waals surface area contributed by atoms with Crippen LogP contribution in [0.15, 0.2) is 36.5 Å². The van der Waals surface area contributed by atoms with Gasteiger partial charge in [-0.25, -0.2) is 8.78 Å². The number of carboxylic acid groups (broad SMARTS) is 1. The Kier molecular flexibility index (Phi) is 5.01. The third kappa shape index (κ3) is 3.31. The molecule has 0 atom stereocenters. The molecule has 0 bridgehead atoms. The first-order chi connectivity index (χ1) is 15.7. The van der Waals surface area contributed by atoms with E-state index >= 15 is 4.39 Å². The van der Waals surface area contributed by atoms with Crippen molar-refractivity contribution < 1.29 is 23.4 Å². The molecule has 2 heterocycles. The maximum Gasteiger partial charge on any atom is 0.306 e. The largest absolute Gasteiger partial charge is 0.481 e. The van der Waals surface area contributed by atoms with Crippen LogP contribution in [0.4, 0.5) is 8.78 Å². The van der Waals surface area contributed by atoms with Crippen molar-refractivity contribution in [2.75, 3.05) is 13.7 Å². The molecule has 2 aromatic carbocycles. The van der Waals surface area contributed by atoms with Crippen molar-refractivity contribution in [3.63, 3.8) is 0 Å². The Hall–Kier alpha value is -3.26. The number of benzene rings is 2. The molecular formula is C25H25F2N3O3. The number of aliphatic carboxylic acids is 1. The van der Waals surface area contributed by atoms with Crippen LogP contribution in [0.5, 0.6) is 0 Å². The van der Waals surface area contributed by atoms with Gasteiger partial charge in [0, 0.05) is 34.7 Å². The van der Waals surface area contributed by atoms with E-state index in [0.717, 1.165) is 11.3 Å². The SMILES string of the molecule is COCC(C)(C)c1c([C@H]2C[C@H](C(=O)O)C2)c2c(F)c3[nH]ncc3cc2n1-c1ccc(F)cc1. The molecule has 0 unspecified atom stereocenters. The summed E-state index contributed by atoms with van der Waals surface area (Å²) in [5, 5.41) is 17.3. The molecule has 0 saturated heterocycles. The Balaban J connectivity index is 1.89. The van der Waals surface area contributed by atoms with Crippen LogP contribution in [-0.2, 0) is 14.9 Å². The number of methoxy groups -OCH3 is 1. The van der Waals surface area contributed by atoms with Gasteiger partial charge in [0.2, 0.25) is 0 Å². The minimum Gasteiger partial charge on any atom is -0.481 e. The van der Waals surface area contributed by atoms with Crippen LogP contribution in [0.1, 0.15) is 43.9 Å². The molecule has 0 spiro atoms. The number of hydrogen-bond donors (Lipinski definition) is 2. The number of rotatable bonds is 6. The number of nitrogens with zero attached hydrogens (tertiary/aromatic N) is 2. The number of aromatic nitrogens is 3. The summed E-state index contributed by atoms with van der Waals surface area (Å²) < 4.78 is 37.2. The number of hydrogen-bond acceptors (Lipinski definition) is 3. The lowest BCUT2D eigenvalue weighted by molar-refractivity contribution is -0.145. The number of halogens is 2. The van der Waals surface area contributed by atoms with E-state index in [-0.39, 0.29) is 11.7 Å². The third-order valence-electron chi connectivity index (χ3n) is 6.77. The van der Waals surface area contributed by atoms with E-state index in [0.29, 0.717) is 46.9 Å². The van der Waals surface area contributed by atoms with Crippen LogP contribution < -0.4 is 0 Å². The highest BCUT2D eigenvalue weighted by Crippen LogP contribution is 2.51. The third-order valence-corrected chi connectivity index (χ3v) is 6.77. The molecule has 1 saturated carbocycles. The van der Waals surface area contributed by atoms with E-state index in [2.05, 4.69) is 10.2 Å². The maximum absolute atomic E-state index is 16.0. The molecule has 8 heteroatoms. The highest BCUT2D eigenvalue weighted by molar-refractivity contribution is 6.00. The fraction of sp³-hybridized carbons (Fsp3) is 0.360. The zero-order valence-electron chi connectivity index (χ0n) is 18.7. The van der Waals surface area contributed by atoms with Gasteiger partial charge in [-0.1, -0.05) is 13.8 Å². The Bertz CT molecular complexity index is 1370. The summed E-state index contributed by atoms with van der Waals surface area (Å²) in [6.45, 7) is 4.41. The molecule has 1 aliphatic rings. The van der Waals surface area contributed by atoms with E-state index in [1.807, 2.05) is 24.5 Å². The predicted molar refractivity (Wildman–Crippen MR) is 121 cm³/mol. The number of carbonyl (C=O) groups is 1. The van der Waals surface area contributed by atoms with Crippen molar-refractivity contribution >= 4 is 27.8 Å². The average molecular weight is 453 g/mol. The van der Waals surface area contributed by atoms with Gasteiger partial charge < -0.3 is 14.4 Å². The van der Waals surface area contributed by atoms with Crippen molar-refractivity contribution in [3.8, 4) is 5.69 Å². The monoisotopic (exact) mass is 453 g/mol. The lowest BCUT2D eigenvalue weighted by Gasteiger charge is -2.36. The normalized spacial score (nSPS) is 18.7. The first-order valence-corrected chi connectivity index (χ1v) is 10.9. The molecule has 4 aromatic rings. The van der Waals surface area contributed by atoms with Crippen LogP contribution in [0, 0.1) is 17.6 Å². The van der Waals surface area contributed by atoms with Gasteiger partial charge in [0.15, 0.2) is 5.82 Å². The fourth-order valence-corrected chi connectivity index (χ4v) is 5.24. The second kappa shape index (κ2) is 7.66. The number of nitrogens with one attached hydrogen (secondary N) is 1. The topological polar surface area (TPSA) is 80.1 Å². The van der Waals surface area contributed by atoms with Crippen LogP contribution in [0.25, 0.3) is 27.5 Å². The second-order valence-electron chi connectivity index (χ2n) is 9.51. The molecule has 172 valence electrons. The van der Waals surface area contributed by atoms with Gasteiger partial charge >= 0.3 is 5.97 Å². The Morgan fingerprint density at radius 1 is 1.27 bits per heavy atom. The molecule has 2 aromatic heterocycles. The van der Waals surface area contributed by atoms with Crippen LogP contribution >= 0.6 is 0 Å². The summed E-state index contributed by atoms with van der Waals surface area (Å²) in [4.78, 5) is 11.5. The summed E-state index contributed by atoms with van der Waals surface area (Å²) in [5.74, 6) is -2.17. The number of aromatic amines is 1. The molecule has 33 heavy (non-hydrogen) atoms. The molecule has 1 aliphatic carbocycles. The quantitative estimate of drug-likeness (QED) is 0.416. The summed E-state index contributed by atoms with van der Waals surface area (Å²) in [7, 11) is 1.62. The van der Waals surface area contributed by atoms with Crippen LogP contribution in [0.3, 0.4) is 0 Å².